The number of nitrogens with one attached hydrogen (secondary N) is 2. The van der Waals surface area contributed by atoms with Gasteiger partial charge in [0.15, 0.2) is 0 Å². The quantitative estimate of drug-likeness (QED) is 0.855. The van der Waals surface area contributed by atoms with E-state index < -0.39 is 0 Å². The molecule has 0 aliphatic rings. The Morgan fingerprint density at radius 2 is 1.81 bits per heavy atom. The molecule has 2 N–H and O–H groups in total. The van der Waals surface area contributed by atoms with Crippen molar-refractivity contribution in [1.29, 1.82) is 0 Å². The molecule has 0 saturated heterocycles. The second-order valence-electron chi connectivity index (χ2n) is 4.79. The zero-order valence-corrected chi connectivity index (χ0v) is 12.8. The maximum absolute atomic E-state index is 11.8. The first-order chi connectivity index (χ1) is 10.2. The standard InChI is InChI=1S/C17H19ClN2O/c1-2-13-7-9-15(10-8-13)20-17(21)12-19-11-14-5-3-4-6-16(14)18/h3-10,19H,2,11-12H2,1H3,(H,20,21). The van der Waals surface area contributed by atoms with Crippen LogP contribution in [-0.4, -0.2) is 12.5 Å². The van der Waals surface area contributed by atoms with Gasteiger partial charge in [-0.25, -0.2) is 0 Å². The minimum absolute atomic E-state index is 0.0636. The van der Waals surface area contributed by atoms with Gasteiger partial charge in [-0.05, 0) is 35.7 Å². The molecular weight excluding hydrogens is 284 g/mol. The minimum Gasteiger partial charge on any atom is -0.325 e. The highest BCUT2D eigenvalue weighted by molar-refractivity contribution is 6.31. The Labute approximate surface area is 130 Å². The van der Waals surface area contributed by atoms with Gasteiger partial charge in [-0.3, -0.25) is 4.79 Å². The maximum atomic E-state index is 11.8. The lowest BCUT2D eigenvalue weighted by atomic mass is 10.1. The predicted molar refractivity (Wildman–Crippen MR) is 87.6 cm³/mol. The van der Waals surface area contributed by atoms with Crippen molar-refractivity contribution in [1.82, 2.24) is 5.32 Å². The summed E-state index contributed by atoms with van der Waals surface area (Å²) in [5.74, 6) is -0.0636. The van der Waals surface area contributed by atoms with Crippen molar-refractivity contribution in [3.8, 4) is 0 Å². The molecule has 0 fully saturated rings. The lowest BCUT2D eigenvalue weighted by Crippen LogP contribution is -2.27. The van der Waals surface area contributed by atoms with Gasteiger partial charge in [0.25, 0.3) is 0 Å². The number of aryl methyl sites for hydroxylation is 1. The van der Waals surface area contributed by atoms with Gasteiger partial charge in [0.2, 0.25) is 5.91 Å². The van der Waals surface area contributed by atoms with Gasteiger partial charge in [0.1, 0.15) is 0 Å². The molecule has 0 saturated carbocycles. The van der Waals surface area contributed by atoms with E-state index in [0.717, 1.165) is 17.7 Å². The number of hydrogen-bond acceptors (Lipinski definition) is 2. The molecular formula is C17H19ClN2O. The number of rotatable bonds is 6. The van der Waals surface area contributed by atoms with Gasteiger partial charge in [-0.15, -0.1) is 0 Å². The highest BCUT2D eigenvalue weighted by Gasteiger charge is 2.03. The van der Waals surface area contributed by atoms with Gasteiger partial charge < -0.3 is 10.6 Å². The van der Waals surface area contributed by atoms with Crippen LogP contribution >= 0.6 is 11.6 Å². The molecule has 4 heteroatoms. The first-order valence-corrected chi connectivity index (χ1v) is 7.39. The van der Waals surface area contributed by atoms with Crippen LogP contribution < -0.4 is 10.6 Å². The van der Waals surface area contributed by atoms with Crippen LogP contribution in [0.1, 0.15) is 18.1 Å². The Kier molecular flexibility index (Phi) is 5.78. The molecule has 110 valence electrons. The van der Waals surface area contributed by atoms with Gasteiger partial charge in [-0.1, -0.05) is 48.9 Å². The van der Waals surface area contributed by atoms with Crippen LogP contribution in [0.4, 0.5) is 5.69 Å². The Morgan fingerprint density at radius 3 is 2.48 bits per heavy atom. The zero-order chi connectivity index (χ0) is 15.1. The first-order valence-electron chi connectivity index (χ1n) is 7.02. The van der Waals surface area contributed by atoms with E-state index in [1.54, 1.807) is 0 Å². The summed E-state index contributed by atoms with van der Waals surface area (Å²) in [6.07, 6.45) is 0.994. The van der Waals surface area contributed by atoms with E-state index in [-0.39, 0.29) is 12.5 Å². The molecule has 0 aliphatic heterocycles. The number of anilines is 1. The second kappa shape index (κ2) is 7.81. The molecule has 0 unspecified atom stereocenters. The molecule has 0 bridgehead atoms. The summed E-state index contributed by atoms with van der Waals surface area (Å²) in [6.45, 7) is 2.93. The van der Waals surface area contributed by atoms with Crippen molar-refractivity contribution in [3.63, 3.8) is 0 Å². The summed E-state index contributed by atoms with van der Waals surface area (Å²) >= 11 is 6.06. The highest BCUT2D eigenvalue weighted by Crippen LogP contribution is 2.14. The summed E-state index contributed by atoms with van der Waals surface area (Å²) in [5.41, 5.74) is 3.06. The third kappa shape index (κ3) is 4.88. The number of halogens is 1. The van der Waals surface area contributed by atoms with Crippen LogP contribution in [0.25, 0.3) is 0 Å². The van der Waals surface area contributed by atoms with Gasteiger partial charge in [0, 0.05) is 17.3 Å². The van der Waals surface area contributed by atoms with Crippen molar-refractivity contribution in [2.75, 3.05) is 11.9 Å². The Bertz CT molecular complexity index is 596. The molecule has 1 amide bonds. The van der Waals surface area contributed by atoms with E-state index >= 15 is 0 Å². The predicted octanol–water partition coefficient (Wildman–Crippen LogP) is 3.63. The van der Waals surface area contributed by atoms with Crippen molar-refractivity contribution in [2.24, 2.45) is 0 Å². The summed E-state index contributed by atoms with van der Waals surface area (Å²) in [6, 6.07) is 15.5. The van der Waals surface area contributed by atoms with Crippen LogP contribution in [0.2, 0.25) is 5.02 Å². The molecule has 2 rings (SSSR count). The van der Waals surface area contributed by atoms with E-state index in [1.165, 1.54) is 5.56 Å². The average Bonchev–Trinajstić information content (AvgIpc) is 2.50. The van der Waals surface area contributed by atoms with Crippen molar-refractivity contribution in [3.05, 3.63) is 64.7 Å². The molecule has 0 aliphatic carbocycles. The third-order valence-corrected chi connectivity index (χ3v) is 3.57. The summed E-state index contributed by atoms with van der Waals surface area (Å²) in [5, 5.41) is 6.66. The average molecular weight is 303 g/mol. The van der Waals surface area contributed by atoms with E-state index in [2.05, 4.69) is 17.6 Å². The van der Waals surface area contributed by atoms with Gasteiger partial charge in [0.05, 0.1) is 6.54 Å². The van der Waals surface area contributed by atoms with Crippen molar-refractivity contribution in [2.45, 2.75) is 19.9 Å². The number of carbonyl (C=O) groups is 1. The van der Waals surface area contributed by atoms with Crippen LogP contribution in [0.5, 0.6) is 0 Å². The normalized spacial score (nSPS) is 10.4. The van der Waals surface area contributed by atoms with E-state index in [9.17, 15) is 4.79 Å². The van der Waals surface area contributed by atoms with Crippen LogP contribution in [0.3, 0.4) is 0 Å². The minimum atomic E-state index is -0.0636. The van der Waals surface area contributed by atoms with Crippen LogP contribution in [0.15, 0.2) is 48.5 Å². The Balaban J connectivity index is 1.78. The monoisotopic (exact) mass is 302 g/mol. The van der Waals surface area contributed by atoms with E-state index in [4.69, 9.17) is 11.6 Å². The SMILES string of the molecule is CCc1ccc(NC(=O)CNCc2ccccc2Cl)cc1. The fourth-order valence-corrected chi connectivity index (χ4v) is 2.18. The fourth-order valence-electron chi connectivity index (χ4n) is 1.98. The van der Waals surface area contributed by atoms with Crippen LogP contribution in [0, 0.1) is 0 Å². The number of amides is 1. The lowest BCUT2D eigenvalue weighted by molar-refractivity contribution is -0.115. The number of benzene rings is 2. The Morgan fingerprint density at radius 1 is 1.10 bits per heavy atom. The highest BCUT2D eigenvalue weighted by atomic mass is 35.5. The van der Waals surface area contributed by atoms with Gasteiger partial charge in [-0.2, -0.15) is 0 Å². The van der Waals surface area contributed by atoms with Crippen molar-refractivity contribution < 1.29 is 4.79 Å². The number of hydrogen-bond donors (Lipinski definition) is 2. The molecule has 2 aromatic carbocycles. The second-order valence-corrected chi connectivity index (χ2v) is 5.20. The first kappa shape index (κ1) is 15.5. The third-order valence-electron chi connectivity index (χ3n) is 3.20. The van der Waals surface area contributed by atoms with Crippen molar-refractivity contribution >= 4 is 23.2 Å². The zero-order valence-electron chi connectivity index (χ0n) is 12.0. The fraction of sp³-hybridized carbons (Fsp3) is 0.235. The number of carbonyl (C=O) groups excluding carboxylic acids is 1. The van der Waals surface area contributed by atoms with Crippen LogP contribution in [-0.2, 0) is 17.8 Å². The largest absolute Gasteiger partial charge is 0.325 e. The topological polar surface area (TPSA) is 41.1 Å². The Hall–Kier alpha value is -1.84. The van der Waals surface area contributed by atoms with E-state index in [1.807, 2.05) is 48.5 Å². The molecule has 2 aromatic rings. The summed E-state index contributed by atoms with van der Waals surface area (Å²) < 4.78 is 0. The molecule has 0 radical (unpaired) electrons. The summed E-state index contributed by atoms with van der Waals surface area (Å²) in [7, 11) is 0. The molecule has 0 aromatic heterocycles. The van der Waals surface area contributed by atoms with Gasteiger partial charge >= 0.3 is 0 Å². The molecule has 3 nitrogen and oxygen atoms in total. The molecule has 21 heavy (non-hydrogen) atoms. The lowest BCUT2D eigenvalue weighted by Gasteiger charge is -2.08. The molecule has 0 atom stereocenters. The molecule has 0 heterocycles. The molecule has 0 spiro atoms. The van der Waals surface area contributed by atoms with E-state index in [0.29, 0.717) is 11.6 Å². The smallest absolute Gasteiger partial charge is 0.238 e. The maximum Gasteiger partial charge on any atom is 0.238 e. The summed E-state index contributed by atoms with van der Waals surface area (Å²) in [4.78, 5) is 11.8.